The summed E-state index contributed by atoms with van der Waals surface area (Å²) >= 11 is 12.1. The van der Waals surface area contributed by atoms with Gasteiger partial charge in [0.15, 0.2) is 0 Å². The molecule has 0 heterocycles. The molecule has 138 valence electrons. The summed E-state index contributed by atoms with van der Waals surface area (Å²) in [7, 11) is 0. The molecule has 2 aromatic rings. The van der Waals surface area contributed by atoms with E-state index in [0.29, 0.717) is 23.1 Å². The van der Waals surface area contributed by atoms with Gasteiger partial charge in [-0.2, -0.15) is 0 Å². The van der Waals surface area contributed by atoms with Crippen LogP contribution in [-0.4, -0.2) is 29.3 Å². The fourth-order valence-corrected chi connectivity index (χ4v) is 2.93. The molecule has 0 aromatic heterocycles. The fraction of sp³-hybridized carbons (Fsp3) is 0.300. The lowest BCUT2D eigenvalue weighted by molar-refractivity contribution is -0.140. The van der Waals surface area contributed by atoms with Gasteiger partial charge in [-0.25, -0.2) is 0 Å². The number of amides is 2. The van der Waals surface area contributed by atoms with E-state index in [4.69, 9.17) is 23.2 Å². The summed E-state index contributed by atoms with van der Waals surface area (Å²) in [5.74, 6) is -0.347. The highest BCUT2D eigenvalue weighted by atomic mass is 35.5. The number of carbonyl (C=O) groups is 2. The Bertz CT molecular complexity index is 763. The monoisotopic (exact) mass is 392 g/mol. The molecule has 1 N–H and O–H groups in total. The van der Waals surface area contributed by atoms with Crippen molar-refractivity contribution in [3.05, 3.63) is 69.7 Å². The topological polar surface area (TPSA) is 49.4 Å². The second-order valence-corrected chi connectivity index (χ2v) is 6.83. The van der Waals surface area contributed by atoms with Crippen LogP contribution >= 0.6 is 23.2 Å². The molecule has 0 fully saturated rings. The van der Waals surface area contributed by atoms with E-state index in [-0.39, 0.29) is 18.2 Å². The Labute approximate surface area is 164 Å². The van der Waals surface area contributed by atoms with Gasteiger partial charge in [0, 0.05) is 23.1 Å². The van der Waals surface area contributed by atoms with Crippen molar-refractivity contribution >= 4 is 35.0 Å². The van der Waals surface area contributed by atoms with E-state index in [2.05, 4.69) is 5.32 Å². The van der Waals surface area contributed by atoms with Gasteiger partial charge in [-0.3, -0.25) is 9.59 Å². The molecule has 2 rings (SSSR count). The van der Waals surface area contributed by atoms with E-state index in [9.17, 15) is 9.59 Å². The highest BCUT2D eigenvalue weighted by molar-refractivity contribution is 6.31. The number of benzene rings is 2. The van der Waals surface area contributed by atoms with Gasteiger partial charge in [-0.15, -0.1) is 0 Å². The fourth-order valence-electron chi connectivity index (χ4n) is 2.60. The third-order valence-electron chi connectivity index (χ3n) is 4.08. The first-order chi connectivity index (χ1) is 12.4. The molecule has 4 nitrogen and oxygen atoms in total. The summed E-state index contributed by atoms with van der Waals surface area (Å²) in [4.78, 5) is 26.8. The molecule has 0 bridgehead atoms. The zero-order valence-electron chi connectivity index (χ0n) is 14.8. The molecule has 0 aliphatic rings. The van der Waals surface area contributed by atoms with E-state index in [0.717, 1.165) is 11.1 Å². The molecule has 26 heavy (non-hydrogen) atoms. The second-order valence-electron chi connectivity index (χ2n) is 5.99. The van der Waals surface area contributed by atoms with Crippen LogP contribution in [0.4, 0.5) is 0 Å². The number of rotatable bonds is 7. The van der Waals surface area contributed by atoms with Crippen LogP contribution in [0.5, 0.6) is 0 Å². The van der Waals surface area contributed by atoms with Crippen LogP contribution in [0.2, 0.25) is 10.0 Å². The van der Waals surface area contributed by atoms with Gasteiger partial charge in [0.25, 0.3) is 0 Å². The molecule has 1 atom stereocenters. The van der Waals surface area contributed by atoms with Gasteiger partial charge in [0.05, 0.1) is 6.42 Å². The van der Waals surface area contributed by atoms with Gasteiger partial charge in [-0.05, 0) is 43.2 Å². The first-order valence-electron chi connectivity index (χ1n) is 8.47. The Morgan fingerprint density at radius 2 is 1.73 bits per heavy atom. The SMILES string of the molecule is CCNC(=O)[C@H](C)N(Cc1ccc(Cl)cc1)C(=O)Cc1ccccc1Cl. The van der Waals surface area contributed by atoms with Crippen molar-refractivity contribution in [3.63, 3.8) is 0 Å². The van der Waals surface area contributed by atoms with Crippen molar-refractivity contribution in [2.45, 2.75) is 32.9 Å². The maximum atomic E-state index is 12.9. The van der Waals surface area contributed by atoms with E-state index in [1.807, 2.05) is 37.3 Å². The van der Waals surface area contributed by atoms with Gasteiger partial charge < -0.3 is 10.2 Å². The van der Waals surface area contributed by atoms with Crippen molar-refractivity contribution in [1.82, 2.24) is 10.2 Å². The zero-order valence-corrected chi connectivity index (χ0v) is 16.3. The number of carbonyl (C=O) groups excluding carboxylic acids is 2. The van der Waals surface area contributed by atoms with Crippen molar-refractivity contribution in [1.29, 1.82) is 0 Å². The van der Waals surface area contributed by atoms with Crippen molar-refractivity contribution in [3.8, 4) is 0 Å². The Morgan fingerprint density at radius 1 is 1.08 bits per heavy atom. The zero-order chi connectivity index (χ0) is 19.1. The molecule has 0 aliphatic carbocycles. The smallest absolute Gasteiger partial charge is 0.242 e. The standard InChI is InChI=1S/C20H22Cl2N2O2/c1-3-23-20(26)14(2)24(13-15-8-10-17(21)11-9-15)19(25)12-16-6-4-5-7-18(16)22/h4-11,14H,3,12-13H2,1-2H3,(H,23,26)/t14-/m0/s1. The molecule has 0 saturated heterocycles. The summed E-state index contributed by atoms with van der Waals surface area (Å²) in [6.45, 7) is 4.40. The Hall–Kier alpha value is -2.04. The number of hydrogen-bond donors (Lipinski definition) is 1. The maximum absolute atomic E-state index is 12.9. The summed E-state index contributed by atoms with van der Waals surface area (Å²) in [6.07, 6.45) is 0.136. The lowest BCUT2D eigenvalue weighted by Gasteiger charge is -2.29. The summed E-state index contributed by atoms with van der Waals surface area (Å²) in [5.41, 5.74) is 1.64. The lowest BCUT2D eigenvalue weighted by Crippen LogP contribution is -2.48. The average Bonchev–Trinajstić information content (AvgIpc) is 2.62. The molecule has 2 amide bonds. The molecule has 2 aromatic carbocycles. The number of likely N-dealkylation sites (N-methyl/N-ethyl adjacent to an activating group) is 1. The predicted molar refractivity (Wildman–Crippen MR) is 105 cm³/mol. The van der Waals surface area contributed by atoms with Gasteiger partial charge in [0.2, 0.25) is 11.8 Å². The van der Waals surface area contributed by atoms with Crippen LogP contribution in [0.15, 0.2) is 48.5 Å². The van der Waals surface area contributed by atoms with Gasteiger partial charge in [0.1, 0.15) is 6.04 Å². The molecule has 0 spiro atoms. The second kappa shape index (κ2) is 9.60. The molecule has 0 unspecified atom stereocenters. The molecule has 0 aliphatic heterocycles. The van der Waals surface area contributed by atoms with Crippen LogP contribution in [0.25, 0.3) is 0 Å². The van der Waals surface area contributed by atoms with Crippen LogP contribution in [0, 0.1) is 0 Å². The first kappa shape index (κ1) is 20.3. The van der Waals surface area contributed by atoms with Gasteiger partial charge in [-0.1, -0.05) is 53.5 Å². The first-order valence-corrected chi connectivity index (χ1v) is 9.23. The third-order valence-corrected chi connectivity index (χ3v) is 4.70. The van der Waals surface area contributed by atoms with E-state index < -0.39 is 6.04 Å². The minimum atomic E-state index is -0.597. The number of halogens is 2. The Morgan fingerprint density at radius 3 is 2.35 bits per heavy atom. The molecule has 0 radical (unpaired) electrons. The van der Waals surface area contributed by atoms with Crippen molar-refractivity contribution < 1.29 is 9.59 Å². The maximum Gasteiger partial charge on any atom is 0.242 e. The highest BCUT2D eigenvalue weighted by Crippen LogP contribution is 2.19. The van der Waals surface area contributed by atoms with E-state index in [1.54, 1.807) is 30.0 Å². The minimum Gasteiger partial charge on any atom is -0.355 e. The van der Waals surface area contributed by atoms with Crippen LogP contribution in [0.1, 0.15) is 25.0 Å². The number of nitrogens with one attached hydrogen (secondary N) is 1. The Kier molecular flexibility index (Phi) is 7.49. The molecule has 6 heteroatoms. The van der Waals surface area contributed by atoms with Gasteiger partial charge >= 0.3 is 0 Å². The van der Waals surface area contributed by atoms with E-state index in [1.165, 1.54) is 0 Å². The van der Waals surface area contributed by atoms with Crippen molar-refractivity contribution in [2.24, 2.45) is 0 Å². The average molecular weight is 393 g/mol. The third kappa shape index (κ3) is 5.48. The quantitative estimate of drug-likeness (QED) is 0.771. The van der Waals surface area contributed by atoms with E-state index >= 15 is 0 Å². The summed E-state index contributed by atoms with van der Waals surface area (Å²) in [6, 6.07) is 13.9. The van der Waals surface area contributed by atoms with Crippen LogP contribution < -0.4 is 5.32 Å². The Balaban J connectivity index is 2.23. The van der Waals surface area contributed by atoms with Crippen molar-refractivity contribution in [2.75, 3.05) is 6.54 Å². The molecule has 0 saturated carbocycles. The summed E-state index contributed by atoms with van der Waals surface area (Å²) in [5, 5.41) is 3.94. The molecular weight excluding hydrogens is 371 g/mol. The number of nitrogens with zero attached hydrogens (tertiary/aromatic N) is 1. The predicted octanol–water partition coefficient (Wildman–Crippen LogP) is 4.09. The van der Waals surface area contributed by atoms with Crippen LogP contribution in [0.3, 0.4) is 0 Å². The van der Waals surface area contributed by atoms with Crippen LogP contribution in [-0.2, 0) is 22.6 Å². The number of hydrogen-bond acceptors (Lipinski definition) is 2. The minimum absolute atomic E-state index is 0.136. The lowest BCUT2D eigenvalue weighted by atomic mass is 10.1. The largest absolute Gasteiger partial charge is 0.355 e. The molecular formula is C20H22Cl2N2O2. The summed E-state index contributed by atoms with van der Waals surface area (Å²) < 4.78 is 0. The highest BCUT2D eigenvalue weighted by Gasteiger charge is 2.26. The normalized spacial score (nSPS) is 11.7.